The van der Waals surface area contributed by atoms with E-state index in [1.165, 1.54) is 0 Å². The Hall–Kier alpha value is -5.58. The minimum absolute atomic E-state index is 0.0241. The van der Waals surface area contributed by atoms with Crippen LogP contribution in [-0.2, 0) is 65.3 Å². The van der Waals surface area contributed by atoms with E-state index in [-0.39, 0.29) is 45.4 Å². The zero-order valence-electron chi connectivity index (χ0n) is 39.8. The van der Waals surface area contributed by atoms with E-state index in [1.54, 1.807) is 27.7 Å². The van der Waals surface area contributed by atoms with Crippen LogP contribution in [0.3, 0.4) is 0 Å². The summed E-state index contributed by atoms with van der Waals surface area (Å²) in [6.07, 6.45) is 1.82. The number of halogens is 9. The first kappa shape index (κ1) is 67.4. The number of sulfone groups is 3. The minimum Gasteiger partial charge on any atom is -0.477 e. The lowest BCUT2D eigenvalue weighted by Gasteiger charge is -2.08. The fourth-order valence-corrected chi connectivity index (χ4v) is 10.9. The normalized spacial score (nSPS) is 11.2. The van der Waals surface area contributed by atoms with Crippen LogP contribution in [-0.4, -0.2) is 93.9 Å². The average Bonchev–Trinajstić information content (AvgIpc) is 3.27. The molecule has 4 rings (SSSR count). The van der Waals surface area contributed by atoms with Crippen molar-refractivity contribution in [2.24, 2.45) is 0 Å². The van der Waals surface area contributed by atoms with Gasteiger partial charge in [0.05, 0.1) is 60.2 Å². The van der Waals surface area contributed by atoms with E-state index in [2.05, 4.69) is 9.47 Å². The van der Waals surface area contributed by atoms with E-state index in [4.69, 9.17) is 27.3 Å². The molecule has 0 aliphatic carbocycles. The number of rotatable bonds is 17. The van der Waals surface area contributed by atoms with E-state index >= 15 is 0 Å². The van der Waals surface area contributed by atoms with Crippen molar-refractivity contribution in [3.63, 3.8) is 0 Å². The number of ether oxygens (including phenoxy) is 2. The van der Waals surface area contributed by atoms with Crippen LogP contribution in [0.15, 0.2) is 48.5 Å². The number of carboxylic acid groups (broad SMARTS) is 1. The molecule has 5 N–H and O–H groups in total. The number of esters is 2. The smallest absolute Gasteiger partial charge is 0.343 e. The van der Waals surface area contributed by atoms with Crippen molar-refractivity contribution >= 4 is 78.5 Å². The highest BCUT2D eigenvalue weighted by atomic mass is 35.7. The molecule has 0 bridgehead atoms. The Bertz CT molecular complexity index is 3020. The van der Waals surface area contributed by atoms with Gasteiger partial charge in [0.15, 0.2) is 41.1 Å². The summed E-state index contributed by atoms with van der Waals surface area (Å²) in [5.74, 6) is -14.6. The number of carboxylic acids is 1. The molecule has 0 saturated heterocycles. The molecule has 0 radical (unpaired) electrons. The van der Waals surface area contributed by atoms with Crippen LogP contribution in [0, 0.1) is 46.5 Å². The molecule has 0 aliphatic rings. The van der Waals surface area contributed by atoms with Crippen molar-refractivity contribution in [2.45, 2.75) is 70.6 Å². The summed E-state index contributed by atoms with van der Waals surface area (Å²) in [5.41, 5.74) is 5.92. The second-order valence-corrected chi connectivity index (χ2v) is 24.3. The zero-order valence-corrected chi connectivity index (χ0v) is 43.9. The van der Waals surface area contributed by atoms with Gasteiger partial charge in [-0.1, -0.05) is 45.9 Å². The van der Waals surface area contributed by atoms with Gasteiger partial charge < -0.3 is 26.0 Å². The third-order valence-corrected chi connectivity index (χ3v) is 15.5. The van der Waals surface area contributed by atoms with E-state index in [0.717, 1.165) is 62.8 Å². The second-order valence-electron chi connectivity index (χ2n) is 14.9. The molecule has 0 amide bonds. The molecule has 73 heavy (non-hydrogen) atoms. The van der Waals surface area contributed by atoms with Crippen molar-refractivity contribution in [2.75, 3.05) is 48.7 Å². The Morgan fingerprint density at radius 3 is 1.10 bits per heavy atom. The molecule has 0 fully saturated rings. The first-order valence-corrected chi connectivity index (χ1v) is 28.9. The molecular weight excluding hydrogens is 1100 g/mol. The van der Waals surface area contributed by atoms with Crippen molar-refractivity contribution < 1.29 is 97.8 Å². The summed E-state index contributed by atoms with van der Waals surface area (Å²) in [4.78, 5) is 32.8. The number of aromatic carboxylic acids is 1. The topological polar surface area (TPSA) is 278 Å². The molecule has 4 aromatic rings. The van der Waals surface area contributed by atoms with Gasteiger partial charge in [0.1, 0.15) is 57.3 Å². The number of carbonyl (C=O) groups is 3. The maximum Gasteiger partial charge on any atom is 0.343 e. The van der Waals surface area contributed by atoms with Crippen molar-refractivity contribution in [1.82, 2.24) is 0 Å². The number of nitrogen functional groups attached to an aromatic ring is 2. The molecule has 4 aromatic carbocycles. The van der Waals surface area contributed by atoms with Crippen molar-refractivity contribution in [1.29, 1.82) is 0 Å². The molecule has 0 aromatic heterocycles. The maximum absolute atomic E-state index is 13.9. The number of carbonyl (C=O) groups excluding carboxylic acids is 2. The first-order valence-electron chi connectivity index (χ1n) is 20.9. The first-order chi connectivity index (χ1) is 33.6. The van der Waals surface area contributed by atoms with Crippen LogP contribution in [0.5, 0.6) is 0 Å². The number of nitrogens with two attached hydrogens (primary N) is 2. The Morgan fingerprint density at radius 2 is 0.781 bits per heavy atom. The van der Waals surface area contributed by atoms with Gasteiger partial charge in [0.2, 0.25) is 9.05 Å². The van der Waals surface area contributed by atoms with Gasteiger partial charge in [0, 0.05) is 27.4 Å². The van der Waals surface area contributed by atoms with Crippen LogP contribution < -0.4 is 11.5 Å². The molecule has 0 heterocycles. The molecule has 0 atom stereocenters. The minimum atomic E-state index is -3.52. The van der Waals surface area contributed by atoms with Crippen LogP contribution >= 0.6 is 10.7 Å². The second kappa shape index (κ2) is 30.6. The number of hydrogen-bond donors (Lipinski definition) is 3. The Morgan fingerprint density at radius 1 is 0.479 bits per heavy atom. The largest absolute Gasteiger partial charge is 0.477 e. The fraction of sp³-hybridized carbons (Fsp3) is 0.386. The molecule has 0 aliphatic heterocycles. The van der Waals surface area contributed by atoms with Crippen molar-refractivity contribution in [3.05, 3.63) is 128 Å². The van der Waals surface area contributed by atoms with Gasteiger partial charge in [0.25, 0.3) is 0 Å². The van der Waals surface area contributed by atoms with E-state index < -0.39 is 143 Å². The van der Waals surface area contributed by atoms with Gasteiger partial charge in [-0.25, -0.2) is 83.2 Å². The lowest BCUT2D eigenvalue weighted by atomic mass is 10.1. The zero-order chi connectivity index (χ0) is 56.8. The predicted octanol–water partition coefficient (Wildman–Crippen LogP) is 8.23. The summed E-state index contributed by atoms with van der Waals surface area (Å²) in [7, 11) is -6.73. The number of anilines is 2. The van der Waals surface area contributed by atoms with E-state index in [1.807, 2.05) is 0 Å². The third kappa shape index (κ3) is 23.0. The van der Waals surface area contributed by atoms with Gasteiger partial charge in [-0.05, 0) is 56.0 Å². The highest BCUT2D eigenvalue weighted by molar-refractivity contribution is 8.13. The summed E-state index contributed by atoms with van der Waals surface area (Å²) in [6.45, 7) is 6.81. The summed E-state index contributed by atoms with van der Waals surface area (Å²) < 4.78 is 204. The van der Waals surface area contributed by atoms with Crippen LogP contribution in [0.25, 0.3) is 0 Å². The van der Waals surface area contributed by atoms with Gasteiger partial charge in [-0.3, -0.25) is 0 Å². The summed E-state index contributed by atoms with van der Waals surface area (Å²) in [5, 5.41) is 8.64. The Kier molecular flexibility index (Phi) is 28.2. The quantitative estimate of drug-likeness (QED) is 0.0388. The van der Waals surface area contributed by atoms with Gasteiger partial charge in [-0.15, -0.1) is 0 Å². The molecule has 29 heteroatoms. The van der Waals surface area contributed by atoms with Gasteiger partial charge >= 0.3 is 17.9 Å². The third-order valence-electron chi connectivity index (χ3n) is 8.78. The van der Waals surface area contributed by atoms with Crippen LogP contribution in [0.4, 0.5) is 46.5 Å². The van der Waals surface area contributed by atoms with Crippen molar-refractivity contribution in [3.8, 4) is 0 Å². The standard InChI is InChI=1S/C12H14F2O4S.C11H12F2O4S.C10H13F2NO2S.C8H7F2NO2.C3H7ClO2S/c1-3-6-19(16,17)7-8-4-5-9(13)10(11(8)14)12(15)18-2;1-2-5-18(16,17)6-7-3-4-8(12)9(10(7)13)11(14)15;1-2-5-16(14,15)6-7-3-4-8(11)10(13)9(7)12;1-13-8(12)6-4(9)2-3-5(11)7(6)10;1-2-3-7(4,5)6/h4-5H,3,6-7H2,1-2H3;3-4H,2,5-6H2,1H3,(H,14,15);3-4H,2,5-6,13H2,1H3;2-3H,11H2,1H3;2-3H2,1H3. The number of hydrogen-bond acceptors (Lipinski definition) is 15. The molecule has 16 nitrogen and oxygen atoms in total. The monoisotopic (exact) mass is 1150 g/mol. The van der Waals surface area contributed by atoms with E-state index in [0.29, 0.717) is 25.7 Å². The van der Waals surface area contributed by atoms with Crippen LogP contribution in [0.1, 0.15) is 101 Å². The lowest BCUT2D eigenvalue weighted by molar-refractivity contribution is 0.0580. The predicted molar refractivity (Wildman–Crippen MR) is 257 cm³/mol. The SMILES string of the molecule is CCCS(=O)(=O)Cc1ccc(F)c(C(=O)O)c1F.CCCS(=O)(=O)Cc1ccc(F)c(C(=O)OC)c1F.CCCS(=O)(=O)Cc1ccc(F)c(N)c1F.CCCS(=O)(=O)Cl.COC(=O)c1c(F)ccc(N)c1F. The maximum atomic E-state index is 13.9. The van der Waals surface area contributed by atoms with Gasteiger partial charge in [-0.2, -0.15) is 0 Å². The Labute approximate surface area is 422 Å². The number of benzene rings is 4. The molecule has 0 saturated carbocycles. The lowest BCUT2D eigenvalue weighted by Crippen LogP contribution is -2.14. The summed E-state index contributed by atoms with van der Waals surface area (Å²) >= 11 is 0. The molecule has 0 spiro atoms. The molecule has 410 valence electrons. The highest BCUT2D eigenvalue weighted by Gasteiger charge is 2.25. The van der Waals surface area contributed by atoms with Crippen LogP contribution in [0.2, 0.25) is 0 Å². The highest BCUT2D eigenvalue weighted by Crippen LogP contribution is 2.24. The number of methoxy groups -OCH3 is 2. The summed E-state index contributed by atoms with van der Waals surface area (Å²) in [6, 6.07) is 7.59. The molecular formula is C44H53ClF8N2O14S4. The fourth-order valence-electron chi connectivity index (χ4n) is 5.59. The Balaban J connectivity index is 0.000000913. The van der Waals surface area contributed by atoms with E-state index in [9.17, 15) is 83.2 Å². The average molecular weight is 1150 g/mol. The molecule has 0 unspecified atom stereocenters.